The molecule has 0 bridgehead atoms. The molecule has 1 aromatic heterocycles. The first-order valence-corrected chi connectivity index (χ1v) is 6.27. The zero-order chi connectivity index (χ0) is 14.3. The van der Waals surface area contributed by atoms with E-state index in [1.165, 1.54) is 0 Å². The highest BCUT2D eigenvalue weighted by atomic mass is 16.7. The van der Waals surface area contributed by atoms with E-state index in [0.717, 1.165) is 5.56 Å². The smallest absolute Gasteiger partial charge is 0.400 e. The first-order chi connectivity index (χ1) is 8.71. The number of anilines is 2. The minimum Gasteiger partial charge on any atom is -0.400 e. The molecule has 1 aliphatic heterocycles. The highest BCUT2D eigenvalue weighted by molar-refractivity contribution is 6.52. The van der Waals surface area contributed by atoms with Crippen LogP contribution in [0.25, 0.3) is 6.08 Å². The molecule has 19 heavy (non-hydrogen) atoms. The molecule has 1 saturated heterocycles. The summed E-state index contributed by atoms with van der Waals surface area (Å²) in [6, 6.07) is 3.53. The maximum Gasteiger partial charge on any atom is 0.487 e. The maximum atomic E-state index is 5.85. The zero-order valence-corrected chi connectivity index (χ0v) is 11.8. The molecule has 2 heterocycles. The van der Waals surface area contributed by atoms with Gasteiger partial charge in [-0.25, -0.2) is 4.98 Å². The summed E-state index contributed by atoms with van der Waals surface area (Å²) in [6.45, 7) is 8.06. The minimum absolute atomic E-state index is 0.340. The lowest BCUT2D eigenvalue weighted by Crippen LogP contribution is -2.41. The topological polar surface area (TPSA) is 83.4 Å². The van der Waals surface area contributed by atoms with Gasteiger partial charge in [0, 0.05) is 5.56 Å². The van der Waals surface area contributed by atoms with Crippen LogP contribution >= 0.6 is 0 Å². The molecule has 0 amide bonds. The van der Waals surface area contributed by atoms with Crippen molar-refractivity contribution in [2.45, 2.75) is 38.9 Å². The fraction of sp³-hybridized carbons (Fsp3) is 0.462. The van der Waals surface area contributed by atoms with Crippen molar-refractivity contribution < 1.29 is 9.31 Å². The quantitative estimate of drug-likeness (QED) is 0.794. The highest BCUT2D eigenvalue weighted by Crippen LogP contribution is 2.37. The average Bonchev–Trinajstić information content (AvgIpc) is 2.46. The van der Waals surface area contributed by atoms with Crippen LogP contribution < -0.4 is 11.5 Å². The predicted octanol–water partition coefficient (Wildman–Crippen LogP) is 1.89. The third-order valence-corrected chi connectivity index (χ3v) is 3.68. The second kappa shape index (κ2) is 4.54. The molecule has 0 aromatic carbocycles. The lowest BCUT2D eigenvalue weighted by atomic mass is 9.89. The molecule has 0 aliphatic carbocycles. The van der Waals surface area contributed by atoms with Crippen molar-refractivity contribution in [2.24, 2.45) is 0 Å². The van der Waals surface area contributed by atoms with Crippen molar-refractivity contribution in [1.29, 1.82) is 0 Å². The molecule has 1 fully saturated rings. The average molecular weight is 261 g/mol. The van der Waals surface area contributed by atoms with E-state index in [4.69, 9.17) is 20.8 Å². The van der Waals surface area contributed by atoms with Crippen molar-refractivity contribution in [3.05, 3.63) is 23.7 Å². The predicted molar refractivity (Wildman–Crippen MR) is 78.2 cm³/mol. The summed E-state index contributed by atoms with van der Waals surface area (Å²) in [7, 11) is -0.387. The molecular formula is C13H20BN3O2. The Kier molecular flexibility index (Phi) is 3.32. The van der Waals surface area contributed by atoms with E-state index in [9.17, 15) is 0 Å². The van der Waals surface area contributed by atoms with Gasteiger partial charge in [0.2, 0.25) is 0 Å². The van der Waals surface area contributed by atoms with E-state index in [-0.39, 0.29) is 18.3 Å². The Morgan fingerprint density at radius 3 is 2.21 bits per heavy atom. The maximum absolute atomic E-state index is 5.85. The Hall–Kier alpha value is -1.53. The van der Waals surface area contributed by atoms with Gasteiger partial charge in [0.25, 0.3) is 0 Å². The van der Waals surface area contributed by atoms with Crippen LogP contribution in [0.15, 0.2) is 18.1 Å². The molecule has 6 heteroatoms. The number of pyridine rings is 1. The third kappa shape index (κ3) is 2.74. The first kappa shape index (κ1) is 13.9. The van der Waals surface area contributed by atoms with Gasteiger partial charge >= 0.3 is 7.12 Å². The van der Waals surface area contributed by atoms with E-state index >= 15 is 0 Å². The van der Waals surface area contributed by atoms with E-state index in [0.29, 0.717) is 11.6 Å². The van der Waals surface area contributed by atoms with E-state index in [1.54, 1.807) is 6.07 Å². The second-order valence-electron chi connectivity index (χ2n) is 5.69. The number of aromatic nitrogens is 1. The number of nitrogens with two attached hydrogens (primary N) is 2. The van der Waals surface area contributed by atoms with Crippen LogP contribution in [0.1, 0.15) is 33.3 Å². The normalized spacial score (nSPS) is 21.2. The molecule has 1 aliphatic rings. The fourth-order valence-electron chi connectivity index (χ4n) is 1.79. The van der Waals surface area contributed by atoms with Crippen LogP contribution in [0.5, 0.6) is 0 Å². The monoisotopic (exact) mass is 261 g/mol. The lowest BCUT2D eigenvalue weighted by Gasteiger charge is -2.32. The van der Waals surface area contributed by atoms with Crippen LogP contribution in [-0.2, 0) is 9.31 Å². The number of hydrogen-bond donors (Lipinski definition) is 2. The molecule has 0 radical (unpaired) electrons. The number of hydrogen-bond acceptors (Lipinski definition) is 5. The van der Waals surface area contributed by atoms with Gasteiger partial charge in [0.15, 0.2) is 0 Å². The Balaban J connectivity index is 2.13. The molecule has 0 unspecified atom stereocenters. The second-order valence-corrected chi connectivity index (χ2v) is 5.69. The van der Waals surface area contributed by atoms with Crippen molar-refractivity contribution in [2.75, 3.05) is 11.5 Å². The van der Waals surface area contributed by atoms with Crippen LogP contribution in [0.2, 0.25) is 0 Å². The van der Waals surface area contributed by atoms with Crippen molar-refractivity contribution in [1.82, 2.24) is 4.98 Å². The van der Waals surface area contributed by atoms with Crippen molar-refractivity contribution >= 4 is 24.8 Å². The summed E-state index contributed by atoms with van der Waals surface area (Å²) in [6.07, 6.45) is 1.84. The van der Waals surface area contributed by atoms with Crippen LogP contribution in [0.4, 0.5) is 11.6 Å². The molecule has 4 N–H and O–H groups in total. The molecule has 1 aromatic rings. The SMILES string of the molecule is CC1(C)OB(/C=C/c2ccc(N)nc2N)OC1(C)C. The highest BCUT2D eigenvalue weighted by Gasteiger charge is 2.49. The van der Waals surface area contributed by atoms with Crippen molar-refractivity contribution in [3.8, 4) is 0 Å². The molecule has 2 rings (SSSR count). The molecule has 0 saturated carbocycles. The Morgan fingerprint density at radius 1 is 1.11 bits per heavy atom. The molecule has 0 atom stereocenters. The summed E-state index contributed by atoms with van der Waals surface area (Å²) in [5.74, 6) is 2.64. The standard InChI is InChI=1S/C13H20BN3O2/c1-12(2)13(3,4)19-14(18-12)8-7-9-5-6-10(15)17-11(9)16/h5-8H,1-4H3,(H4,15,16,17)/b8-7+. The summed E-state index contributed by atoms with van der Waals surface area (Å²) in [5, 5.41) is 0. The van der Waals surface area contributed by atoms with Crippen LogP contribution in [-0.4, -0.2) is 23.3 Å². The summed E-state index contributed by atoms with van der Waals surface area (Å²) >= 11 is 0. The van der Waals surface area contributed by atoms with E-state index in [2.05, 4.69) is 4.98 Å². The van der Waals surface area contributed by atoms with Gasteiger partial charge < -0.3 is 20.8 Å². The van der Waals surface area contributed by atoms with Gasteiger partial charge in [-0.3, -0.25) is 0 Å². The first-order valence-electron chi connectivity index (χ1n) is 6.27. The molecular weight excluding hydrogens is 241 g/mol. The Morgan fingerprint density at radius 2 is 1.68 bits per heavy atom. The number of nitrogens with zero attached hydrogens (tertiary/aromatic N) is 1. The van der Waals surface area contributed by atoms with Gasteiger partial charge in [-0.2, -0.15) is 0 Å². The van der Waals surface area contributed by atoms with Gasteiger partial charge in [-0.1, -0.05) is 12.1 Å². The molecule has 0 spiro atoms. The van der Waals surface area contributed by atoms with E-state index < -0.39 is 0 Å². The third-order valence-electron chi connectivity index (χ3n) is 3.68. The van der Waals surface area contributed by atoms with Gasteiger partial charge in [-0.05, 0) is 39.8 Å². The summed E-state index contributed by atoms with van der Waals surface area (Å²) < 4.78 is 11.7. The van der Waals surface area contributed by atoms with Gasteiger partial charge in [-0.15, -0.1) is 0 Å². The van der Waals surface area contributed by atoms with Crippen LogP contribution in [0.3, 0.4) is 0 Å². The van der Waals surface area contributed by atoms with Crippen molar-refractivity contribution in [3.63, 3.8) is 0 Å². The number of rotatable bonds is 2. The summed E-state index contributed by atoms with van der Waals surface area (Å²) in [5.41, 5.74) is 11.5. The van der Waals surface area contributed by atoms with E-state index in [1.807, 2.05) is 45.8 Å². The fourth-order valence-corrected chi connectivity index (χ4v) is 1.79. The van der Waals surface area contributed by atoms with Gasteiger partial charge in [0.05, 0.1) is 11.2 Å². The number of nitrogen functional groups attached to an aromatic ring is 2. The summed E-state index contributed by atoms with van der Waals surface area (Å²) in [4.78, 5) is 4.00. The lowest BCUT2D eigenvalue weighted by molar-refractivity contribution is 0.00578. The Labute approximate surface area is 114 Å². The largest absolute Gasteiger partial charge is 0.487 e. The molecule has 5 nitrogen and oxygen atoms in total. The molecule has 102 valence electrons. The van der Waals surface area contributed by atoms with Crippen LogP contribution in [0, 0.1) is 0 Å². The zero-order valence-electron chi connectivity index (χ0n) is 11.8. The minimum atomic E-state index is -0.387. The Bertz CT molecular complexity index is 499. The van der Waals surface area contributed by atoms with Gasteiger partial charge in [0.1, 0.15) is 11.6 Å².